The average molecular weight is 143 g/mol. The molecule has 1 heterocycles. The molecule has 0 saturated heterocycles. The molecular formula is C10H9N. The fourth-order valence-corrected chi connectivity index (χ4v) is 2.23. The van der Waals surface area contributed by atoms with Gasteiger partial charge in [0.15, 0.2) is 0 Å². The second-order valence-electron chi connectivity index (χ2n) is 3.34. The van der Waals surface area contributed by atoms with Crippen molar-refractivity contribution in [1.82, 2.24) is 4.98 Å². The van der Waals surface area contributed by atoms with Crippen LogP contribution in [0.3, 0.4) is 0 Å². The van der Waals surface area contributed by atoms with E-state index in [1.165, 1.54) is 17.5 Å². The maximum absolute atomic E-state index is 4.14. The van der Waals surface area contributed by atoms with Gasteiger partial charge in [0.1, 0.15) is 0 Å². The zero-order valence-electron chi connectivity index (χ0n) is 6.20. The van der Waals surface area contributed by atoms with Crippen LogP contribution in [-0.4, -0.2) is 4.98 Å². The van der Waals surface area contributed by atoms with Crippen LogP contribution < -0.4 is 0 Å². The van der Waals surface area contributed by atoms with Crippen LogP contribution in [0.15, 0.2) is 30.6 Å². The number of hydrogen-bond acceptors (Lipinski definition) is 1. The Bertz CT molecular complexity index is 296. The van der Waals surface area contributed by atoms with Crippen molar-refractivity contribution < 1.29 is 0 Å². The molecule has 0 aliphatic heterocycles. The van der Waals surface area contributed by atoms with E-state index >= 15 is 0 Å². The Morgan fingerprint density at radius 1 is 1.18 bits per heavy atom. The molecule has 2 aliphatic carbocycles. The van der Waals surface area contributed by atoms with Crippen molar-refractivity contribution in [1.29, 1.82) is 0 Å². The summed E-state index contributed by atoms with van der Waals surface area (Å²) in [6.45, 7) is 0. The number of fused-ring (bicyclic) bond motifs is 5. The van der Waals surface area contributed by atoms with Crippen LogP contribution in [0, 0.1) is 0 Å². The average Bonchev–Trinajstić information content (AvgIpc) is 2.64. The van der Waals surface area contributed by atoms with Gasteiger partial charge in [0.25, 0.3) is 0 Å². The van der Waals surface area contributed by atoms with Gasteiger partial charge in [-0.3, -0.25) is 4.98 Å². The molecule has 0 aromatic carbocycles. The van der Waals surface area contributed by atoms with E-state index in [9.17, 15) is 0 Å². The van der Waals surface area contributed by atoms with Crippen LogP contribution in [0.25, 0.3) is 0 Å². The number of pyridine rings is 1. The Labute approximate surface area is 65.8 Å². The third-order valence-electron chi connectivity index (χ3n) is 2.77. The van der Waals surface area contributed by atoms with Crippen LogP contribution in [0.1, 0.15) is 29.4 Å². The van der Waals surface area contributed by atoms with Gasteiger partial charge in [-0.2, -0.15) is 0 Å². The SMILES string of the molecule is C1=C[C@H]2C[C@@H]1c1cnccc12. The summed E-state index contributed by atoms with van der Waals surface area (Å²) in [6, 6.07) is 2.16. The minimum absolute atomic E-state index is 0.684. The molecule has 2 aliphatic rings. The van der Waals surface area contributed by atoms with E-state index in [4.69, 9.17) is 0 Å². The largest absolute Gasteiger partial charge is 0.264 e. The second kappa shape index (κ2) is 1.73. The van der Waals surface area contributed by atoms with Crippen molar-refractivity contribution in [2.24, 2.45) is 0 Å². The lowest BCUT2D eigenvalue weighted by Gasteiger charge is -2.07. The van der Waals surface area contributed by atoms with E-state index in [0.29, 0.717) is 11.8 Å². The number of allylic oxidation sites excluding steroid dienone is 2. The highest BCUT2D eigenvalue weighted by Crippen LogP contribution is 2.47. The van der Waals surface area contributed by atoms with Gasteiger partial charge < -0.3 is 0 Å². The summed E-state index contributed by atoms with van der Waals surface area (Å²) in [7, 11) is 0. The monoisotopic (exact) mass is 143 g/mol. The van der Waals surface area contributed by atoms with Crippen LogP contribution >= 0.6 is 0 Å². The third-order valence-corrected chi connectivity index (χ3v) is 2.77. The lowest BCUT2D eigenvalue weighted by atomic mass is 10.00. The fourth-order valence-electron chi connectivity index (χ4n) is 2.23. The molecule has 1 aromatic heterocycles. The Kier molecular flexibility index (Phi) is 0.869. The molecule has 1 nitrogen and oxygen atoms in total. The summed E-state index contributed by atoms with van der Waals surface area (Å²) < 4.78 is 0. The Morgan fingerprint density at radius 2 is 2.00 bits per heavy atom. The first kappa shape index (κ1) is 5.53. The molecule has 0 saturated carbocycles. The van der Waals surface area contributed by atoms with E-state index in [0.717, 1.165) is 0 Å². The molecule has 0 amide bonds. The highest BCUT2D eigenvalue weighted by molar-refractivity contribution is 5.45. The normalized spacial score (nSPS) is 30.9. The van der Waals surface area contributed by atoms with E-state index in [1.807, 2.05) is 12.4 Å². The van der Waals surface area contributed by atoms with Gasteiger partial charge in [-0.15, -0.1) is 0 Å². The first-order valence-electron chi connectivity index (χ1n) is 4.07. The standard InChI is InChI=1S/C10H9N/c1-2-8-5-7(1)9-3-4-11-6-10(8)9/h1-4,6-8H,5H2/t7-,8+/m0/s1. The van der Waals surface area contributed by atoms with Gasteiger partial charge in [-0.25, -0.2) is 0 Å². The second-order valence-corrected chi connectivity index (χ2v) is 3.34. The molecule has 1 heteroatoms. The van der Waals surface area contributed by atoms with Gasteiger partial charge in [0, 0.05) is 24.2 Å². The van der Waals surface area contributed by atoms with Crippen molar-refractivity contribution in [3.8, 4) is 0 Å². The van der Waals surface area contributed by atoms with Gasteiger partial charge >= 0.3 is 0 Å². The van der Waals surface area contributed by atoms with Crippen LogP contribution in [-0.2, 0) is 0 Å². The van der Waals surface area contributed by atoms with Crippen molar-refractivity contribution in [3.63, 3.8) is 0 Å². The van der Waals surface area contributed by atoms with E-state index < -0.39 is 0 Å². The molecule has 0 unspecified atom stereocenters. The van der Waals surface area contributed by atoms with Crippen LogP contribution in [0.4, 0.5) is 0 Å². The van der Waals surface area contributed by atoms with Gasteiger partial charge in [0.2, 0.25) is 0 Å². The number of rotatable bonds is 0. The van der Waals surface area contributed by atoms with Gasteiger partial charge in [-0.05, 0) is 23.6 Å². The summed E-state index contributed by atoms with van der Waals surface area (Å²) in [5.74, 6) is 1.39. The summed E-state index contributed by atoms with van der Waals surface area (Å²) in [5, 5.41) is 0. The summed E-state index contributed by atoms with van der Waals surface area (Å²) in [4.78, 5) is 4.14. The Morgan fingerprint density at radius 3 is 2.82 bits per heavy atom. The zero-order chi connectivity index (χ0) is 7.26. The summed E-state index contributed by atoms with van der Waals surface area (Å²) in [5.41, 5.74) is 2.97. The molecule has 3 rings (SSSR count). The minimum atomic E-state index is 0.684. The predicted molar refractivity (Wildman–Crippen MR) is 43.5 cm³/mol. The molecule has 0 fully saturated rings. The van der Waals surface area contributed by atoms with Gasteiger partial charge in [-0.1, -0.05) is 12.2 Å². The lowest BCUT2D eigenvalue weighted by Crippen LogP contribution is -1.92. The summed E-state index contributed by atoms with van der Waals surface area (Å²) in [6.07, 6.45) is 9.85. The number of hydrogen-bond donors (Lipinski definition) is 0. The van der Waals surface area contributed by atoms with Crippen LogP contribution in [0.2, 0.25) is 0 Å². The summed E-state index contributed by atoms with van der Waals surface area (Å²) >= 11 is 0. The molecule has 0 N–H and O–H groups in total. The van der Waals surface area contributed by atoms with E-state index in [1.54, 1.807) is 0 Å². The maximum Gasteiger partial charge on any atom is 0.0308 e. The van der Waals surface area contributed by atoms with Crippen molar-refractivity contribution in [2.45, 2.75) is 18.3 Å². The van der Waals surface area contributed by atoms with Crippen LogP contribution in [0.5, 0.6) is 0 Å². The number of aromatic nitrogens is 1. The maximum atomic E-state index is 4.14. The topological polar surface area (TPSA) is 12.9 Å². The van der Waals surface area contributed by atoms with Crippen molar-refractivity contribution >= 4 is 0 Å². The predicted octanol–water partition coefficient (Wildman–Crippen LogP) is 2.22. The minimum Gasteiger partial charge on any atom is -0.264 e. The Hall–Kier alpha value is -1.11. The molecule has 2 bridgehead atoms. The van der Waals surface area contributed by atoms with E-state index in [2.05, 4.69) is 23.2 Å². The lowest BCUT2D eigenvalue weighted by molar-refractivity contribution is 0.804. The first-order chi connectivity index (χ1) is 5.45. The first-order valence-corrected chi connectivity index (χ1v) is 4.07. The third kappa shape index (κ3) is 0.584. The van der Waals surface area contributed by atoms with E-state index in [-0.39, 0.29) is 0 Å². The van der Waals surface area contributed by atoms with Gasteiger partial charge in [0.05, 0.1) is 0 Å². The highest BCUT2D eigenvalue weighted by Gasteiger charge is 2.31. The van der Waals surface area contributed by atoms with Crippen molar-refractivity contribution in [3.05, 3.63) is 41.7 Å². The molecule has 1 aromatic rings. The molecule has 11 heavy (non-hydrogen) atoms. The number of nitrogens with zero attached hydrogens (tertiary/aromatic N) is 1. The Balaban J connectivity index is 2.28. The molecule has 2 atom stereocenters. The molecule has 0 spiro atoms. The smallest absolute Gasteiger partial charge is 0.0308 e. The molecular weight excluding hydrogens is 134 g/mol. The molecule has 0 radical (unpaired) electrons. The molecule has 54 valence electrons. The zero-order valence-corrected chi connectivity index (χ0v) is 6.20. The van der Waals surface area contributed by atoms with Crippen molar-refractivity contribution in [2.75, 3.05) is 0 Å². The fraction of sp³-hybridized carbons (Fsp3) is 0.300. The highest BCUT2D eigenvalue weighted by atomic mass is 14.6. The quantitative estimate of drug-likeness (QED) is 0.507.